The summed E-state index contributed by atoms with van der Waals surface area (Å²) in [6.07, 6.45) is 26.4. The van der Waals surface area contributed by atoms with Crippen LogP contribution < -0.4 is 0 Å². The fraction of sp³-hybridized carbons (Fsp3) is 0.960. The Morgan fingerprint density at radius 3 is 1.25 bits per heavy atom. The summed E-state index contributed by atoms with van der Waals surface area (Å²) in [4.78, 5) is 10.4. The molecule has 1 atom stereocenters. The lowest BCUT2D eigenvalue weighted by Crippen LogP contribution is -2.05. The Bertz CT molecular complexity index is 317. The van der Waals surface area contributed by atoms with Crippen molar-refractivity contribution in [3.63, 3.8) is 0 Å². The van der Waals surface area contributed by atoms with Gasteiger partial charge in [0.2, 0.25) is 0 Å². The van der Waals surface area contributed by atoms with Gasteiger partial charge in [-0.05, 0) is 19.3 Å². The van der Waals surface area contributed by atoms with Gasteiger partial charge in [-0.3, -0.25) is 4.79 Å². The summed E-state index contributed by atoms with van der Waals surface area (Å²) in [6.45, 7) is 2.25. The molecule has 0 heterocycles. The molecular weight excluding hydrogens is 348 g/mol. The molecule has 0 spiro atoms. The van der Waals surface area contributed by atoms with Crippen molar-refractivity contribution in [3.05, 3.63) is 0 Å². The molecule has 0 rings (SSSR count). The zero-order valence-corrected chi connectivity index (χ0v) is 18.9. The number of hydrogen-bond acceptors (Lipinski definition) is 2. The van der Waals surface area contributed by atoms with Crippen molar-refractivity contribution in [3.8, 4) is 0 Å². The van der Waals surface area contributed by atoms with Crippen LogP contribution in [0.4, 0.5) is 0 Å². The van der Waals surface area contributed by atoms with E-state index in [2.05, 4.69) is 6.92 Å². The van der Waals surface area contributed by atoms with Crippen LogP contribution in [0.25, 0.3) is 0 Å². The van der Waals surface area contributed by atoms with E-state index >= 15 is 0 Å². The van der Waals surface area contributed by atoms with Crippen LogP contribution in [0.2, 0.25) is 0 Å². The maximum Gasteiger partial charge on any atom is 0.303 e. The molecule has 2 N–H and O–H groups in total. The molecule has 1 unspecified atom stereocenters. The molecule has 0 aromatic rings. The van der Waals surface area contributed by atoms with E-state index in [-0.39, 0.29) is 6.10 Å². The molecule has 0 aliphatic carbocycles. The summed E-state index contributed by atoms with van der Waals surface area (Å²) in [5.41, 5.74) is 0. The van der Waals surface area contributed by atoms with Gasteiger partial charge in [0.15, 0.2) is 0 Å². The second-order valence-corrected chi connectivity index (χ2v) is 8.74. The van der Waals surface area contributed by atoms with E-state index in [1.165, 1.54) is 109 Å². The van der Waals surface area contributed by atoms with E-state index in [0.717, 1.165) is 25.7 Å². The topological polar surface area (TPSA) is 57.5 Å². The highest BCUT2D eigenvalue weighted by atomic mass is 16.4. The Labute approximate surface area is 175 Å². The maximum absolute atomic E-state index is 10.4. The van der Waals surface area contributed by atoms with Gasteiger partial charge >= 0.3 is 5.97 Å². The molecule has 0 radical (unpaired) electrons. The second-order valence-electron chi connectivity index (χ2n) is 8.74. The Hall–Kier alpha value is -0.570. The summed E-state index contributed by atoms with van der Waals surface area (Å²) < 4.78 is 0. The highest BCUT2D eigenvalue weighted by molar-refractivity contribution is 5.66. The normalized spacial score (nSPS) is 12.4. The number of aliphatic hydroxyl groups excluding tert-OH is 1. The van der Waals surface area contributed by atoms with Gasteiger partial charge in [-0.15, -0.1) is 0 Å². The van der Waals surface area contributed by atoms with E-state index in [9.17, 15) is 9.90 Å². The average Bonchev–Trinajstić information content (AvgIpc) is 2.67. The Morgan fingerprint density at radius 1 is 0.571 bits per heavy atom. The van der Waals surface area contributed by atoms with Gasteiger partial charge < -0.3 is 10.2 Å². The first-order valence-corrected chi connectivity index (χ1v) is 12.6. The van der Waals surface area contributed by atoms with Crippen molar-refractivity contribution in [2.45, 2.75) is 154 Å². The van der Waals surface area contributed by atoms with E-state index in [4.69, 9.17) is 5.11 Å². The molecule has 0 saturated heterocycles. The van der Waals surface area contributed by atoms with Gasteiger partial charge in [0, 0.05) is 6.42 Å². The third-order valence-corrected chi connectivity index (χ3v) is 5.82. The monoisotopic (exact) mass is 398 g/mol. The molecule has 0 aliphatic rings. The average molecular weight is 399 g/mol. The van der Waals surface area contributed by atoms with E-state index in [1.807, 2.05) is 0 Å². The van der Waals surface area contributed by atoms with Crippen molar-refractivity contribution >= 4 is 5.97 Å². The fourth-order valence-corrected chi connectivity index (χ4v) is 3.91. The number of aliphatic carboxylic acids is 1. The van der Waals surface area contributed by atoms with E-state index in [1.54, 1.807) is 0 Å². The summed E-state index contributed by atoms with van der Waals surface area (Å²) in [6, 6.07) is 0. The summed E-state index contributed by atoms with van der Waals surface area (Å²) in [5, 5.41) is 18.6. The standard InChI is InChI=1S/C25H50O3/c1-2-3-4-5-15-18-21-24(26)22-19-16-13-11-9-7-6-8-10-12-14-17-20-23-25(27)28/h24,26H,2-23H2,1H3,(H,27,28). The van der Waals surface area contributed by atoms with Crippen LogP contribution >= 0.6 is 0 Å². The quantitative estimate of drug-likeness (QED) is 0.171. The number of carboxylic acids is 1. The van der Waals surface area contributed by atoms with Crippen molar-refractivity contribution in [1.82, 2.24) is 0 Å². The minimum atomic E-state index is -0.663. The molecule has 0 fully saturated rings. The van der Waals surface area contributed by atoms with Gasteiger partial charge in [0.1, 0.15) is 0 Å². The smallest absolute Gasteiger partial charge is 0.303 e. The van der Waals surface area contributed by atoms with E-state index < -0.39 is 5.97 Å². The van der Waals surface area contributed by atoms with Gasteiger partial charge in [-0.1, -0.05) is 122 Å². The SMILES string of the molecule is CCCCCCCCC(O)CCCCCCCCCCCCCCCC(=O)O. The van der Waals surface area contributed by atoms with Crippen molar-refractivity contribution in [1.29, 1.82) is 0 Å². The second kappa shape index (κ2) is 22.7. The fourth-order valence-electron chi connectivity index (χ4n) is 3.91. The highest BCUT2D eigenvalue weighted by Gasteiger charge is 2.03. The largest absolute Gasteiger partial charge is 0.481 e. The molecule has 0 bridgehead atoms. The highest BCUT2D eigenvalue weighted by Crippen LogP contribution is 2.15. The first-order chi connectivity index (χ1) is 13.7. The van der Waals surface area contributed by atoms with Crippen LogP contribution in [0.5, 0.6) is 0 Å². The van der Waals surface area contributed by atoms with Crippen LogP contribution in [0.15, 0.2) is 0 Å². The molecule has 0 aromatic carbocycles. The number of aliphatic hydroxyl groups is 1. The molecule has 3 nitrogen and oxygen atoms in total. The minimum absolute atomic E-state index is 0.0599. The molecule has 168 valence electrons. The molecular formula is C25H50O3. The number of hydrogen-bond donors (Lipinski definition) is 2. The Balaban J connectivity index is 3.12. The molecule has 3 heteroatoms. The van der Waals surface area contributed by atoms with Crippen LogP contribution in [0.1, 0.15) is 148 Å². The van der Waals surface area contributed by atoms with Gasteiger partial charge in [0.25, 0.3) is 0 Å². The molecule has 0 saturated carbocycles. The zero-order valence-electron chi connectivity index (χ0n) is 18.9. The molecule has 0 aliphatic heterocycles. The lowest BCUT2D eigenvalue weighted by Gasteiger charge is -2.10. The first kappa shape index (κ1) is 27.4. The summed E-state index contributed by atoms with van der Waals surface area (Å²) >= 11 is 0. The molecule has 28 heavy (non-hydrogen) atoms. The van der Waals surface area contributed by atoms with Crippen LogP contribution in [-0.4, -0.2) is 22.3 Å². The number of rotatable bonds is 23. The van der Waals surface area contributed by atoms with Crippen molar-refractivity contribution in [2.75, 3.05) is 0 Å². The third kappa shape index (κ3) is 23.5. The number of carbonyl (C=O) groups is 1. The van der Waals surface area contributed by atoms with Crippen LogP contribution in [0.3, 0.4) is 0 Å². The Kier molecular flexibility index (Phi) is 22.3. The van der Waals surface area contributed by atoms with E-state index in [0.29, 0.717) is 6.42 Å². The van der Waals surface area contributed by atoms with Gasteiger partial charge in [-0.2, -0.15) is 0 Å². The van der Waals surface area contributed by atoms with Crippen LogP contribution in [0, 0.1) is 0 Å². The molecule has 0 amide bonds. The summed E-state index contributed by atoms with van der Waals surface area (Å²) in [7, 11) is 0. The Morgan fingerprint density at radius 2 is 0.893 bits per heavy atom. The lowest BCUT2D eigenvalue weighted by atomic mass is 10.0. The molecule has 0 aromatic heterocycles. The number of carboxylic acid groups (broad SMARTS) is 1. The summed E-state index contributed by atoms with van der Waals surface area (Å²) in [5.74, 6) is -0.663. The van der Waals surface area contributed by atoms with Crippen molar-refractivity contribution in [2.24, 2.45) is 0 Å². The third-order valence-electron chi connectivity index (χ3n) is 5.82. The van der Waals surface area contributed by atoms with Gasteiger partial charge in [0.05, 0.1) is 6.10 Å². The minimum Gasteiger partial charge on any atom is -0.481 e. The van der Waals surface area contributed by atoms with Gasteiger partial charge in [-0.25, -0.2) is 0 Å². The first-order valence-electron chi connectivity index (χ1n) is 12.6. The maximum atomic E-state index is 10.4. The zero-order chi connectivity index (χ0) is 20.7. The number of unbranched alkanes of at least 4 members (excludes halogenated alkanes) is 17. The predicted molar refractivity (Wildman–Crippen MR) is 121 cm³/mol. The lowest BCUT2D eigenvalue weighted by molar-refractivity contribution is -0.137. The van der Waals surface area contributed by atoms with Crippen LogP contribution in [-0.2, 0) is 4.79 Å². The predicted octanol–water partition coefficient (Wildman–Crippen LogP) is 8.03. The van der Waals surface area contributed by atoms with Crippen molar-refractivity contribution < 1.29 is 15.0 Å².